The van der Waals surface area contributed by atoms with Crippen LogP contribution in [0.3, 0.4) is 0 Å². The number of halogens is 2. The van der Waals surface area contributed by atoms with Crippen molar-refractivity contribution in [3.8, 4) is 0 Å². The lowest BCUT2D eigenvalue weighted by atomic mass is 10.0. The van der Waals surface area contributed by atoms with Gasteiger partial charge in [-0.2, -0.15) is 0 Å². The lowest BCUT2D eigenvalue weighted by molar-refractivity contribution is 0.101. The third kappa shape index (κ3) is 3.83. The van der Waals surface area contributed by atoms with Crippen LogP contribution in [-0.2, 0) is 16.6 Å². The number of hydrogen-bond acceptors (Lipinski definition) is 3. The maximum absolute atomic E-state index is 13.1. The number of fused-ring (bicyclic) bond motifs is 1. The fourth-order valence-electron chi connectivity index (χ4n) is 2.96. The first-order valence-corrected chi connectivity index (χ1v) is 11.0. The molecule has 0 spiro atoms. The SMILES string of the molecule is O=C(c1ccc(Cl)cc1)c1oc2ccccc2c1C[S@@](=O)c1ccc(Br)cc1. The summed E-state index contributed by atoms with van der Waals surface area (Å²) in [4.78, 5) is 13.8. The molecule has 0 saturated heterocycles. The Morgan fingerprint density at radius 1 is 0.964 bits per heavy atom. The van der Waals surface area contributed by atoms with E-state index < -0.39 is 10.8 Å². The van der Waals surface area contributed by atoms with E-state index in [1.165, 1.54) is 0 Å². The van der Waals surface area contributed by atoms with Gasteiger partial charge in [0.1, 0.15) is 5.58 Å². The number of ketones is 1. The Kier molecular flexibility index (Phi) is 5.49. The van der Waals surface area contributed by atoms with Crippen LogP contribution in [0.2, 0.25) is 5.02 Å². The van der Waals surface area contributed by atoms with E-state index in [1.54, 1.807) is 30.3 Å². The predicted molar refractivity (Wildman–Crippen MR) is 115 cm³/mol. The molecule has 1 atom stereocenters. The average Bonchev–Trinajstić information content (AvgIpc) is 3.07. The van der Waals surface area contributed by atoms with Gasteiger partial charge < -0.3 is 4.42 Å². The summed E-state index contributed by atoms with van der Waals surface area (Å²) in [6.45, 7) is 0. The molecule has 0 aliphatic carbocycles. The first-order chi connectivity index (χ1) is 13.5. The lowest BCUT2D eigenvalue weighted by Gasteiger charge is -2.05. The number of rotatable bonds is 5. The first kappa shape index (κ1) is 19.1. The molecule has 6 heteroatoms. The second kappa shape index (κ2) is 8.03. The van der Waals surface area contributed by atoms with Crippen molar-refractivity contribution in [1.29, 1.82) is 0 Å². The number of carbonyl (C=O) groups excluding carboxylic acids is 1. The number of carbonyl (C=O) groups is 1. The van der Waals surface area contributed by atoms with Crippen molar-refractivity contribution in [2.75, 3.05) is 0 Å². The van der Waals surface area contributed by atoms with E-state index in [-0.39, 0.29) is 17.3 Å². The van der Waals surface area contributed by atoms with Crippen molar-refractivity contribution in [2.45, 2.75) is 10.6 Å². The molecule has 4 aromatic rings. The van der Waals surface area contributed by atoms with E-state index in [0.717, 1.165) is 9.86 Å². The Labute approximate surface area is 177 Å². The van der Waals surface area contributed by atoms with Gasteiger partial charge in [-0.3, -0.25) is 9.00 Å². The van der Waals surface area contributed by atoms with Crippen molar-refractivity contribution in [3.63, 3.8) is 0 Å². The number of hydrogen-bond donors (Lipinski definition) is 0. The van der Waals surface area contributed by atoms with Crippen molar-refractivity contribution in [1.82, 2.24) is 0 Å². The van der Waals surface area contributed by atoms with E-state index in [0.29, 0.717) is 26.6 Å². The molecule has 0 bridgehead atoms. The molecule has 1 aromatic heterocycles. The van der Waals surface area contributed by atoms with Gasteiger partial charge >= 0.3 is 0 Å². The summed E-state index contributed by atoms with van der Waals surface area (Å²) in [5, 5.41) is 1.35. The van der Waals surface area contributed by atoms with Crippen molar-refractivity contribution in [2.24, 2.45) is 0 Å². The van der Waals surface area contributed by atoms with Crippen LogP contribution in [0.25, 0.3) is 11.0 Å². The summed E-state index contributed by atoms with van der Waals surface area (Å²) in [5.74, 6) is 0.150. The second-order valence-electron chi connectivity index (χ2n) is 6.19. The Morgan fingerprint density at radius 3 is 2.36 bits per heavy atom. The molecule has 0 aliphatic rings. The van der Waals surface area contributed by atoms with Gasteiger partial charge in [0.15, 0.2) is 5.76 Å². The lowest BCUT2D eigenvalue weighted by Crippen LogP contribution is -2.05. The molecule has 0 unspecified atom stereocenters. The summed E-state index contributed by atoms with van der Waals surface area (Å²) < 4.78 is 19.7. The molecule has 3 aromatic carbocycles. The Bertz CT molecular complexity index is 1180. The van der Waals surface area contributed by atoms with Crippen LogP contribution in [0.1, 0.15) is 21.7 Å². The zero-order valence-electron chi connectivity index (χ0n) is 14.5. The van der Waals surface area contributed by atoms with Gasteiger partial charge in [-0.25, -0.2) is 0 Å². The Hall–Kier alpha value is -2.21. The normalized spacial score (nSPS) is 12.2. The minimum atomic E-state index is -1.32. The molecule has 0 N–H and O–H groups in total. The standard InChI is InChI=1S/C22H14BrClO3S/c23-15-7-11-17(12-8-15)28(26)13-19-18-3-1-2-4-20(18)27-22(19)21(25)14-5-9-16(24)10-6-14/h1-12H,13H2/t28-/m1/s1. The zero-order valence-corrected chi connectivity index (χ0v) is 17.7. The van der Waals surface area contributed by atoms with E-state index in [9.17, 15) is 9.00 Å². The van der Waals surface area contributed by atoms with Crippen LogP contribution in [0.4, 0.5) is 0 Å². The highest BCUT2D eigenvalue weighted by molar-refractivity contribution is 9.10. The number of furan rings is 1. The maximum atomic E-state index is 13.1. The quantitative estimate of drug-likeness (QED) is 0.316. The molecular formula is C22H14BrClO3S. The van der Waals surface area contributed by atoms with E-state index >= 15 is 0 Å². The van der Waals surface area contributed by atoms with Crippen molar-refractivity contribution in [3.05, 3.63) is 99.2 Å². The molecule has 1 heterocycles. The van der Waals surface area contributed by atoms with Gasteiger partial charge in [0.25, 0.3) is 0 Å². The summed E-state index contributed by atoms with van der Waals surface area (Å²) in [6, 6.07) is 21.4. The van der Waals surface area contributed by atoms with Crippen molar-refractivity contribution < 1.29 is 13.4 Å². The molecule has 0 saturated carbocycles. The monoisotopic (exact) mass is 472 g/mol. The summed E-state index contributed by atoms with van der Waals surface area (Å²) in [5.41, 5.74) is 1.72. The Balaban J connectivity index is 1.77. The highest BCUT2D eigenvalue weighted by Crippen LogP contribution is 2.30. The van der Waals surface area contributed by atoms with Crippen LogP contribution >= 0.6 is 27.5 Å². The highest BCUT2D eigenvalue weighted by Gasteiger charge is 2.23. The molecule has 4 rings (SSSR count). The molecule has 28 heavy (non-hydrogen) atoms. The van der Waals surface area contributed by atoms with Gasteiger partial charge in [0.2, 0.25) is 5.78 Å². The molecule has 0 aliphatic heterocycles. The first-order valence-electron chi connectivity index (χ1n) is 8.47. The van der Waals surface area contributed by atoms with Gasteiger partial charge in [-0.1, -0.05) is 45.7 Å². The third-order valence-corrected chi connectivity index (χ3v) is 6.49. The zero-order chi connectivity index (χ0) is 19.7. The molecule has 0 fully saturated rings. The molecule has 140 valence electrons. The van der Waals surface area contributed by atoms with Gasteiger partial charge in [0, 0.05) is 30.9 Å². The topological polar surface area (TPSA) is 47.3 Å². The maximum Gasteiger partial charge on any atom is 0.228 e. The largest absolute Gasteiger partial charge is 0.452 e. The van der Waals surface area contributed by atoms with Gasteiger partial charge in [-0.15, -0.1) is 0 Å². The molecule has 3 nitrogen and oxygen atoms in total. The average molecular weight is 474 g/mol. The highest BCUT2D eigenvalue weighted by atomic mass is 79.9. The number of para-hydroxylation sites is 1. The van der Waals surface area contributed by atoms with Crippen LogP contribution in [0.5, 0.6) is 0 Å². The molecule has 0 radical (unpaired) electrons. The fourth-order valence-corrected chi connectivity index (χ4v) is 4.50. The molecule has 0 amide bonds. The smallest absolute Gasteiger partial charge is 0.228 e. The van der Waals surface area contributed by atoms with Crippen LogP contribution < -0.4 is 0 Å². The van der Waals surface area contributed by atoms with Crippen LogP contribution in [0, 0.1) is 0 Å². The van der Waals surface area contributed by atoms with Crippen molar-refractivity contribution >= 4 is 55.1 Å². The summed E-state index contributed by atoms with van der Waals surface area (Å²) in [6.07, 6.45) is 0. The van der Waals surface area contributed by atoms with E-state index in [4.69, 9.17) is 16.0 Å². The fraction of sp³-hybridized carbons (Fsp3) is 0.0455. The van der Waals surface area contributed by atoms with E-state index in [1.807, 2.05) is 42.5 Å². The summed E-state index contributed by atoms with van der Waals surface area (Å²) in [7, 11) is -1.32. The minimum Gasteiger partial charge on any atom is -0.452 e. The second-order valence-corrected chi connectivity index (χ2v) is 8.99. The predicted octanol–water partition coefficient (Wildman–Crippen LogP) is 6.39. The van der Waals surface area contributed by atoms with Crippen LogP contribution in [-0.4, -0.2) is 9.99 Å². The molecular weight excluding hydrogens is 460 g/mol. The van der Waals surface area contributed by atoms with Gasteiger partial charge in [0.05, 0.1) is 16.6 Å². The Morgan fingerprint density at radius 2 is 1.64 bits per heavy atom. The van der Waals surface area contributed by atoms with Crippen LogP contribution in [0.15, 0.2) is 86.6 Å². The van der Waals surface area contributed by atoms with Gasteiger partial charge in [-0.05, 0) is 54.6 Å². The third-order valence-electron chi connectivity index (χ3n) is 4.36. The summed E-state index contributed by atoms with van der Waals surface area (Å²) >= 11 is 9.31. The number of benzene rings is 3. The minimum absolute atomic E-state index is 0.188. The van der Waals surface area contributed by atoms with E-state index in [2.05, 4.69) is 15.9 Å².